The fourth-order valence-electron chi connectivity index (χ4n) is 1.33. The van der Waals surface area contributed by atoms with E-state index < -0.39 is 10.0 Å². The van der Waals surface area contributed by atoms with Crippen molar-refractivity contribution < 1.29 is 13.2 Å². The van der Waals surface area contributed by atoms with Crippen molar-refractivity contribution in [2.75, 3.05) is 12.8 Å². The summed E-state index contributed by atoms with van der Waals surface area (Å²) in [6.07, 6.45) is 0. The second kappa shape index (κ2) is 5.58. The Labute approximate surface area is 108 Å². The fraction of sp³-hybridized carbons (Fsp3) is 0.500. The molecule has 1 aromatic rings. The number of nitrogens with two attached hydrogens (primary N) is 1. The van der Waals surface area contributed by atoms with Crippen molar-refractivity contribution >= 4 is 15.7 Å². The van der Waals surface area contributed by atoms with Gasteiger partial charge in [0.1, 0.15) is 5.75 Å². The Bertz CT molecular complexity index is 512. The minimum absolute atomic E-state index is 0.140. The SMILES string of the molecule is COc1ccc(S(=O)(=O)NC(C)C(C)C)cc1N. The highest BCUT2D eigenvalue weighted by molar-refractivity contribution is 7.89. The molecule has 0 saturated carbocycles. The predicted octanol–water partition coefficient (Wildman–Crippen LogP) is 1.60. The van der Waals surface area contributed by atoms with E-state index in [0.29, 0.717) is 11.4 Å². The number of nitrogen functional groups attached to an aromatic ring is 1. The average molecular weight is 272 g/mol. The molecule has 0 aliphatic heterocycles. The van der Waals surface area contributed by atoms with Crippen LogP contribution in [0, 0.1) is 5.92 Å². The number of hydrogen-bond acceptors (Lipinski definition) is 4. The summed E-state index contributed by atoms with van der Waals surface area (Å²) in [6, 6.07) is 4.28. The molecule has 0 amide bonds. The van der Waals surface area contributed by atoms with Crippen LogP contribution in [0.4, 0.5) is 5.69 Å². The van der Waals surface area contributed by atoms with Gasteiger partial charge < -0.3 is 10.5 Å². The summed E-state index contributed by atoms with van der Waals surface area (Å²) in [6.45, 7) is 5.74. The molecule has 5 nitrogen and oxygen atoms in total. The van der Waals surface area contributed by atoms with Crippen LogP contribution in [0.2, 0.25) is 0 Å². The monoisotopic (exact) mass is 272 g/mol. The van der Waals surface area contributed by atoms with E-state index in [9.17, 15) is 8.42 Å². The van der Waals surface area contributed by atoms with Crippen LogP contribution < -0.4 is 15.2 Å². The van der Waals surface area contributed by atoms with Gasteiger partial charge in [0, 0.05) is 6.04 Å². The van der Waals surface area contributed by atoms with Crippen LogP contribution in [0.15, 0.2) is 23.1 Å². The van der Waals surface area contributed by atoms with Gasteiger partial charge in [-0.1, -0.05) is 13.8 Å². The molecule has 1 aromatic carbocycles. The number of methoxy groups -OCH3 is 1. The minimum atomic E-state index is -3.54. The van der Waals surface area contributed by atoms with E-state index >= 15 is 0 Å². The lowest BCUT2D eigenvalue weighted by molar-refractivity contribution is 0.416. The largest absolute Gasteiger partial charge is 0.495 e. The first-order chi connectivity index (χ1) is 8.27. The molecule has 1 unspecified atom stereocenters. The lowest BCUT2D eigenvalue weighted by Crippen LogP contribution is -2.36. The number of anilines is 1. The number of hydrogen-bond donors (Lipinski definition) is 2. The van der Waals surface area contributed by atoms with Crippen LogP contribution in [0.5, 0.6) is 5.75 Å². The standard InChI is InChI=1S/C12H20N2O3S/c1-8(2)9(3)14-18(15,16)10-5-6-12(17-4)11(13)7-10/h5-9,14H,13H2,1-4H3. The van der Waals surface area contributed by atoms with Crippen LogP contribution in [0.1, 0.15) is 20.8 Å². The maximum Gasteiger partial charge on any atom is 0.240 e. The Morgan fingerprint density at radius 2 is 1.89 bits per heavy atom. The van der Waals surface area contributed by atoms with Crippen molar-refractivity contribution in [3.8, 4) is 5.75 Å². The van der Waals surface area contributed by atoms with Gasteiger partial charge in [0.25, 0.3) is 0 Å². The summed E-state index contributed by atoms with van der Waals surface area (Å²) in [5.74, 6) is 0.682. The van der Waals surface area contributed by atoms with E-state index in [2.05, 4.69) is 4.72 Å². The molecule has 18 heavy (non-hydrogen) atoms. The molecule has 102 valence electrons. The van der Waals surface area contributed by atoms with E-state index in [0.717, 1.165) is 0 Å². The third kappa shape index (κ3) is 3.36. The van der Waals surface area contributed by atoms with Gasteiger partial charge >= 0.3 is 0 Å². The number of benzene rings is 1. The van der Waals surface area contributed by atoms with Crippen molar-refractivity contribution in [2.45, 2.75) is 31.7 Å². The van der Waals surface area contributed by atoms with E-state index in [1.54, 1.807) is 6.07 Å². The zero-order valence-electron chi connectivity index (χ0n) is 11.1. The Balaban J connectivity index is 3.02. The van der Waals surface area contributed by atoms with Crippen LogP contribution >= 0.6 is 0 Å². The molecule has 0 saturated heterocycles. The molecule has 0 aliphatic rings. The van der Waals surface area contributed by atoms with Gasteiger partial charge in [-0.2, -0.15) is 0 Å². The first-order valence-electron chi connectivity index (χ1n) is 5.73. The van der Waals surface area contributed by atoms with Gasteiger partial charge in [0.2, 0.25) is 10.0 Å². The second-order valence-corrected chi connectivity index (χ2v) is 6.27. The molecule has 6 heteroatoms. The number of nitrogens with one attached hydrogen (secondary N) is 1. The molecular weight excluding hydrogens is 252 g/mol. The Morgan fingerprint density at radius 3 is 2.33 bits per heavy atom. The Kier molecular flexibility index (Phi) is 4.59. The third-order valence-electron chi connectivity index (χ3n) is 2.85. The van der Waals surface area contributed by atoms with Gasteiger partial charge in [-0.25, -0.2) is 13.1 Å². The number of sulfonamides is 1. The van der Waals surface area contributed by atoms with Crippen molar-refractivity contribution in [2.24, 2.45) is 5.92 Å². The molecule has 0 aliphatic carbocycles. The number of rotatable bonds is 5. The summed E-state index contributed by atoms with van der Waals surface area (Å²) in [4.78, 5) is 0.147. The highest BCUT2D eigenvalue weighted by Gasteiger charge is 2.20. The van der Waals surface area contributed by atoms with Gasteiger partial charge in [-0.3, -0.25) is 0 Å². The molecule has 1 atom stereocenters. The number of ether oxygens (including phenoxy) is 1. The zero-order valence-corrected chi connectivity index (χ0v) is 11.9. The first-order valence-corrected chi connectivity index (χ1v) is 7.22. The molecule has 0 fully saturated rings. The molecule has 0 spiro atoms. The van der Waals surface area contributed by atoms with E-state index in [1.165, 1.54) is 19.2 Å². The molecule has 1 rings (SSSR count). The lowest BCUT2D eigenvalue weighted by Gasteiger charge is -2.18. The molecule has 0 radical (unpaired) electrons. The normalized spacial score (nSPS) is 13.6. The van der Waals surface area contributed by atoms with Crippen LogP contribution in [0.25, 0.3) is 0 Å². The van der Waals surface area contributed by atoms with Gasteiger partial charge in [-0.15, -0.1) is 0 Å². The van der Waals surface area contributed by atoms with Crippen LogP contribution in [-0.4, -0.2) is 21.6 Å². The van der Waals surface area contributed by atoms with Gasteiger partial charge in [0.05, 0.1) is 17.7 Å². The van der Waals surface area contributed by atoms with Crippen molar-refractivity contribution in [3.05, 3.63) is 18.2 Å². The highest BCUT2D eigenvalue weighted by Crippen LogP contribution is 2.24. The summed E-state index contributed by atoms with van der Waals surface area (Å²) < 4.78 is 31.8. The zero-order chi connectivity index (χ0) is 13.9. The maximum absolute atomic E-state index is 12.1. The predicted molar refractivity (Wildman–Crippen MR) is 72.0 cm³/mol. The highest BCUT2D eigenvalue weighted by atomic mass is 32.2. The maximum atomic E-state index is 12.1. The molecule has 0 heterocycles. The average Bonchev–Trinajstić information content (AvgIpc) is 2.28. The van der Waals surface area contributed by atoms with Crippen molar-refractivity contribution in [1.82, 2.24) is 4.72 Å². The molecule has 0 bridgehead atoms. The Morgan fingerprint density at radius 1 is 1.28 bits per heavy atom. The van der Waals surface area contributed by atoms with E-state index in [1.807, 2.05) is 20.8 Å². The summed E-state index contributed by atoms with van der Waals surface area (Å²) in [5, 5.41) is 0. The van der Waals surface area contributed by atoms with E-state index in [-0.39, 0.29) is 16.9 Å². The van der Waals surface area contributed by atoms with Crippen LogP contribution in [0.3, 0.4) is 0 Å². The summed E-state index contributed by atoms with van der Waals surface area (Å²) >= 11 is 0. The second-order valence-electron chi connectivity index (χ2n) is 4.56. The first kappa shape index (κ1) is 14.8. The lowest BCUT2D eigenvalue weighted by atomic mass is 10.1. The van der Waals surface area contributed by atoms with Crippen molar-refractivity contribution in [1.29, 1.82) is 0 Å². The molecular formula is C12H20N2O3S. The molecule has 3 N–H and O–H groups in total. The van der Waals surface area contributed by atoms with E-state index in [4.69, 9.17) is 10.5 Å². The minimum Gasteiger partial charge on any atom is -0.495 e. The topological polar surface area (TPSA) is 81.4 Å². The quantitative estimate of drug-likeness (QED) is 0.798. The smallest absolute Gasteiger partial charge is 0.240 e. The summed E-state index contributed by atoms with van der Waals surface area (Å²) in [5.41, 5.74) is 6.01. The van der Waals surface area contributed by atoms with Gasteiger partial charge in [0.15, 0.2) is 0 Å². The summed E-state index contributed by atoms with van der Waals surface area (Å²) in [7, 11) is -2.05. The van der Waals surface area contributed by atoms with Gasteiger partial charge in [-0.05, 0) is 31.0 Å². The Hall–Kier alpha value is -1.27. The van der Waals surface area contributed by atoms with Crippen molar-refractivity contribution in [3.63, 3.8) is 0 Å². The third-order valence-corrected chi connectivity index (χ3v) is 4.41. The van der Waals surface area contributed by atoms with Crippen LogP contribution in [-0.2, 0) is 10.0 Å². The molecule has 0 aromatic heterocycles. The fourth-order valence-corrected chi connectivity index (χ4v) is 2.76.